The number of Topliss-reactive ketones (excluding diaryl/α,β-unsaturated/α-hetero) is 1. The lowest BCUT2D eigenvalue weighted by atomic mass is 9.73. The summed E-state index contributed by atoms with van der Waals surface area (Å²) < 4.78 is 6.20. The first-order chi connectivity index (χ1) is 19.1. The molecule has 0 spiro atoms. The van der Waals surface area contributed by atoms with Crippen molar-refractivity contribution >= 4 is 34.7 Å². The monoisotopic (exact) mass is 571 g/mol. The average molecular weight is 573 g/mol. The van der Waals surface area contributed by atoms with Gasteiger partial charge in [-0.25, -0.2) is 0 Å². The van der Waals surface area contributed by atoms with Crippen LogP contribution >= 0.6 is 23.2 Å². The molecule has 2 aliphatic rings. The van der Waals surface area contributed by atoms with E-state index in [0.717, 1.165) is 56.9 Å². The summed E-state index contributed by atoms with van der Waals surface area (Å²) in [7, 11) is 0. The Hall–Kier alpha value is -3.72. The number of hydrogen-bond donors (Lipinski definition) is 1. The molecule has 3 aromatic rings. The molecule has 1 atom stereocenters. The van der Waals surface area contributed by atoms with Crippen LogP contribution in [0.2, 0.25) is 10.0 Å². The number of ketones is 1. The van der Waals surface area contributed by atoms with E-state index in [1.807, 2.05) is 69.0 Å². The van der Waals surface area contributed by atoms with Gasteiger partial charge >= 0.3 is 0 Å². The summed E-state index contributed by atoms with van der Waals surface area (Å²) in [6.45, 7) is 8.31. The molecule has 0 aromatic heterocycles. The summed E-state index contributed by atoms with van der Waals surface area (Å²) in [5, 5.41) is 11.7. The third-order valence-corrected chi connectivity index (χ3v) is 8.33. The second-order valence-electron chi connectivity index (χ2n) is 10.6. The zero-order chi connectivity index (χ0) is 28.7. The fourth-order valence-corrected chi connectivity index (χ4v) is 6.23. The number of hydrogen-bond acceptors (Lipinski definition) is 5. The molecule has 0 fully saturated rings. The quantitative estimate of drug-likeness (QED) is 0.334. The number of carbonyl (C=O) groups is 1. The Labute approximate surface area is 245 Å². The molecule has 2 N–H and O–H groups in total. The van der Waals surface area contributed by atoms with Crippen LogP contribution < -0.4 is 15.4 Å². The average Bonchev–Trinajstić information content (AvgIpc) is 2.91. The van der Waals surface area contributed by atoms with Gasteiger partial charge in [-0.05, 0) is 98.7 Å². The van der Waals surface area contributed by atoms with Crippen molar-refractivity contribution < 1.29 is 9.53 Å². The number of ether oxygens (including phenoxy) is 1. The van der Waals surface area contributed by atoms with Gasteiger partial charge in [0.25, 0.3) is 0 Å². The molecule has 0 amide bonds. The molecule has 7 heteroatoms. The van der Waals surface area contributed by atoms with E-state index < -0.39 is 5.92 Å². The number of allylic oxidation sites excluding steroid dienone is 3. The lowest BCUT2D eigenvalue weighted by Crippen LogP contribution is -2.39. The largest absolute Gasteiger partial charge is 0.489 e. The maximum atomic E-state index is 13.6. The normalized spacial score (nSPS) is 17.2. The van der Waals surface area contributed by atoms with Crippen LogP contribution in [0.3, 0.4) is 0 Å². The second-order valence-corrected chi connectivity index (χ2v) is 11.5. The molecule has 0 bridgehead atoms. The van der Waals surface area contributed by atoms with Gasteiger partial charge in [-0.1, -0.05) is 47.0 Å². The van der Waals surface area contributed by atoms with Crippen molar-refractivity contribution in [3.05, 3.63) is 115 Å². The van der Waals surface area contributed by atoms with E-state index in [0.29, 0.717) is 46.5 Å². The summed E-state index contributed by atoms with van der Waals surface area (Å²) in [5.74, 6) is 0.583. The lowest BCUT2D eigenvalue weighted by molar-refractivity contribution is -0.116. The summed E-state index contributed by atoms with van der Waals surface area (Å²) in [6.07, 6.45) is 1.84. The minimum atomic E-state index is -0.556. The number of nitrogens with two attached hydrogens (primary N) is 1. The number of anilines is 1. The number of halogens is 2. The molecule has 1 aliphatic carbocycles. The highest BCUT2D eigenvalue weighted by molar-refractivity contribution is 6.31. The fourth-order valence-electron chi connectivity index (χ4n) is 5.84. The highest BCUT2D eigenvalue weighted by Gasteiger charge is 2.41. The minimum Gasteiger partial charge on any atom is -0.489 e. The van der Waals surface area contributed by atoms with Crippen molar-refractivity contribution in [3.63, 3.8) is 0 Å². The van der Waals surface area contributed by atoms with Gasteiger partial charge in [-0.2, -0.15) is 5.26 Å². The van der Waals surface area contributed by atoms with E-state index in [4.69, 9.17) is 33.7 Å². The molecular formula is C33H31Cl2N3O2. The maximum Gasteiger partial charge on any atom is 0.161 e. The van der Waals surface area contributed by atoms with Crippen LogP contribution in [-0.2, 0) is 11.4 Å². The van der Waals surface area contributed by atoms with Crippen molar-refractivity contribution in [2.75, 3.05) is 4.90 Å². The highest BCUT2D eigenvalue weighted by Crippen LogP contribution is 2.48. The Balaban J connectivity index is 1.65. The van der Waals surface area contributed by atoms with E-state index >= 15 is 0 Å². The first-order valence-corrected chi connectivity index (χ1v) is 14.1. The molecule has 1 heterocycles. The molecule has 204 valence electrons. The zero-order valence-corrected chi connectivity index (χ0v) is 24.6. The highest BCUT2D eigenvalue weighted by atomic mass is 35.5. The lowest BCUT2D eigenvalue weighted by Gasteiger charge is -2.40. The standard InChI is InChI=1S/C33H31Cl2N3O2/c1-18-12-22(17-40-30-11-10-23(34)14-20(30)3)21(4)25(13-18)31-26(16-36)33(37)38(27-6-5-7-29(39)32(27)31)28-15-24(35)9-8-19(28)2/h8-15,31H,5-7,17,37H2,1-4H3. The topological polar surface area (TPSA) is 79.3 Å². The number of aryl methyl sites for hydroxylation is 3. The predicted molar refractivity (Wildman–Crippen MR) is 161 cm³/mol. The van der Waals surface area contributed by atoms with Gasteiger partial charge in [0.05, 0.1) is 23.2 Å². The SMILES string of the molecule is Cc1cc(COc2ccc(Cl)cc2C)c(C)c(C2C(C#N)=C(N)N(c3cc(Cl)ccc3C)C3=C2C(=O)CCC3)c1. The first-order valence-electron chi connectivity index (χ1n) is 13.3. The molecule has 5 nitrogen and oxygen atoms in total. The molecule has 1 unspecified atom stereocenters. The summed E-state index contributed by atoms with van der Waals surface area (Å²) >= 11 is 12.5. The summed E-state index contributed by atoms with van der Waals surface area (Å²) in [5.41, 5.74) is 15.2. The molecule has 5 rings (SSSR count). The Morgan fingerprint density at radius 1 is 1.00 bits per heavy atom. The summed E-state index contributed by atoms with van der Waals surface area (Å²) in [6, 6.07) is 17.7. The Kier molecular flexibility index (Phi) is 7.68. The van der Waals surface area contributed by atoms with Gasteiger partial charge < -0.3 is 10.5 Å². The summed E-state index contributed by atoms with van der Waals surface area (Å²) in [4.78, 5) is 15.5. The van der Waals surface area contributed by atoms with Gasteiger partial charge in [0.1, 0.15) is 18.2 Å². The molecule has 1 aliphatic heterocycles. The fraction of sp³-hybridized carbons (Fsp3) is 0.273. The maximum absolute atomic E-state index is 13.6. The van der Waals surface area contributed by atoms with E-state index in [2.05, 4.69) is 18.2 Å². The van der Waals surface area contributed by atoms with E-state index in [1.54, 1.807) is 0 Å². The molecule has 0 saturated carbocycles. The van der Waals surface area contributed by atoms with Crippen LogP contribution in [0.5, 0.6) is 5.75 Å². The molecule has 0 saturated heterocycles. The van der Waals surface area contributed by atoms with E-state index in [1.165, 1.54) is 0 Å². The van der Waals surface area contributed by atoms with Gasteiger partial charge in [0, 0.05) is 27.7 Å². The Morgan fingerprint density at radius 3 is 2.45 bits per heavy atom. The Bertz CT molecular complexity index is 1650. The predicted octanol–water partition coefficient (Wildman–Crippen LogP) is 8.11. The van der Waals surface area contributed by atoms with Crippen molar-refractivity contribution in [1.29, 1.82) is 5.26 Å². The zero-order valence-electron chi connectivity index (χ0n) is 23.1. The second kappa shape index (κ2) is 11.0. The smallest absolute Gasteiger partial charge is 0.161 e. The van der Waals surface area contributed by atoms with Crippen LogP contribution in [0, 0.1) is 39.0 Å². The third kappa shape index (κ3) is 4.98. The first kappa shape index (κ1) is 27.8. The van der Waals surface area contributed by atoms with Crippen molar-refractivity contribution in [3.8, 4) is 11.8 Å². The van der Waals surface area contributed by atoms with E-state index in [9.17, 15) is 10.1 Å². The van der Waals surface area contributed by atoms with Crippen LogP contribution in [0.25, 0.3) is 0 Å². The van der Waals surface area contributed by atoms with E-state index in [-0.39, 0.29) is 5.78 Å². The number of benzene rings is 3. The molecular weight excluding hydrogens is 541 g/mol. The number of nitrogens with zero attached hydrogens (tertiary/aromatic N) is 2. The van der Waals surface area contributed by atoms with Crippen LogP contribution in [0.4, 0.5) is 5.69 Å². The minimum absolute atomic E-state index is 0.0478. The molecule has 0 radical (unpaired) electrons. The molecule has 40 heavy (non-hydrogen) atoms. The Morgan fingerprint density at radius 2 is 1.73 bits per heavy atom. The van der Waals surface area contributed by atoms with Crippen LogP contribution in [0.1, 0.15) is 58.6 Å². The van der Waals surface area contributed by atoms with Crippen LogP contribution in [-0.4, -0.2) is 5.78 Å². The van der Waals surface area contributed by atoms with Gasteiger partial charge in [0.15, 0.2) is 5.78 Å². The van der Waals surface area contributed by atoms with Crippen molar-refractivity contribution in [1.82, 2.24) is 0 Å². The van der Waals surface area contributed by atoms with Gasteiger partial charge in [-0.15, -0.1) is 0 Å². The number of rotatable bonds is 5. The third-order valence-electron chi connectivity index (χ3n) is 7.86. The van der Waals surface area contributed by atoms with Crippen molar-refractivity contribution in [2.24, 2.45) is 5.73 Å². The van der Waals surface area contributed by atoms with Crippen molar-refractivity contribution in [2.45, 2.75) is 59.5 Å². The molecule has 3 aromatic carbocycles. The van der Waals surface area contributed by atoms with Crippen LogP contribution in [0.15, 0.2) is 71.2 Å². The van der Waals surface area contributed by atoms with Gasteiger partial charge in [-0.3, -0.25) is 9.69 Å². The number of carbonyl (C=O) groups excluding carboxylic acids is 1. The van der Waals surface area contributed by atoms with Gasteiger partial charge in [0.2, 0.25) is 0 Å². The number of nitriles is 1.